The Morgan fingerprint density at radius 1 is 1.32 bits per heavy atom. The quantitative estimate of drug-likeness (QED) is 0.911. The number of imidazole rings is 1. The Morgan fingerprint density at radius 3 is 2.60 bits per heavy atom. The van der Waals surface area contributed by atoms with Crippen LogP contribution < -0.4 is 4.74 Å². The van der Waals surface area contributed by atoms with Crippen molar-refractivity contribution in [2.75, 3.05) is 20.2 Å². The number of hydrogen-bond donors (Lipinski definition) is 1. The van der Waals surface area contributed by atoms with Crippen molar-refractivity contribution in [3.05, 3.63) is 48.3 Å². The molecule has 1 N–H and O–H groups in total. The van der Waals surface area contributed by atoms with Crippen LogP contribution >= 0.6 is 0 Å². The average molecular weight is 347 g/mol. The van der Waals surface area contributed by atoms with Crippen LogP contribution in [0.4, 0.5) is 4.39 Å². The summed E-state index contributed by atoms with van der Waals surface area (Å²) in [6, 6.07) is 3.94. The van der Waals surface area contributed by atoms with Gasteiger partial charge < -0.3 is 19.3 Å². The van der Waals surface area contributed by atoms with Gasteiger partial charge in [-0.25, -0.2) is 14.2 Å². The number of nitrogens with zero attached hydrogens (tertiary/aromatic N) is 3. The van der Waals surface area contributed by atoms with Crippen molar-refractivity contribution in [2.45, 2.75) is 18.4 Å². The molecule has 3 rings (SSSR count). The highest BCUT2D eigenvalue weighted by Gasteiger charge is 2.44. The third-order valence-corrected chi connectivity index (χ3v) is 4.67. The summed E-state index contributed by atoms with van der Waals surface area (Å²) >= 11 is 0. The number of ether oxygens (including phenoxy) is 1. The van der Waals surface area contributed by atoms with Gasteiger partial charge in [0.1, 0.15) is 5.54 Å². The maximum Gasteiger partial charge on any atom is 0.330 e. The Labute approximate surface area is 143 Å². The molecule has 0 saturated carbocycles. The second-order valence-electron chi connectivity index (χ2n) is 5.95. The minimum absolute atomic E-state index is 0.00107. The van der Waals surface area contributed by atoms with E-state index in [9.17, 15) is 19.1 Å². The molecular formula is C17H18FN3O4. The molecule has 2 aromatic rings. The predicted octanol–water partition coefficient (Wildman–Crippen LogP) is 1.75. The summed E-state index contributed by atoms with van der Waals surface area (Å²) < 4.78 is 20.0. The predicted molar refractivity (Wildman–Crippen MR) is 85.9 cm³/mol. The van der Waals surface area contributed by atoms with E-state index in [2.05, 4.69) is 4.98 Å². The van der Waals surface area contributed by atoms with E-state index >= 15 is 0 Å². The third kappa shape index (κ3) is 2.95. The van der Waals surface area contributed by atoms with E-state index in [1.807, 2.05) is 0 Å². The second-order valence-corrected chi connectivity index (χ2v) is 5.95. The summed E-state index contributed by atoms with van der Waals surface area (Å²) in [6.45, 7) is 0.562. The molecule has 2 heterocycles. The van der Waals surface area contributed by atoms with Crippen molar-refractivity contribution < 1.29 is 23.8 Å². The molecule has 0 spiro atoms. The fourth-order valence-corrected chi connectivity index (χ4v) is 3.15. The lowest BCUT2D eigenvalue weighted by Crippen LogP contribution is -2.52. The fourth-order valence-electron chi connectivity index (χ4n) is 3.15. The van der Waals surface area contributed by atoms with Gasteiger partial charge in [-0.1, -0.05) is 0 Å². The molecule has 1 aliphatic heterocycles. The van der Waals surface area contributed by atoms with Crippen LogP contribution in [0.15, 0.2) is 36.9 Å². The number of hydrogen-bond acceptors (Lipinski definition) is 4. The average Bonchev–Trinajstić information content (AvgIpc) is 3.16. The monoisotopic (exact) mass is 347 g/mol. The highest BCUT2D eigenvalue weighted by molar-refractivity contribution is 5.95. The van der Waals surface area contributed by atoms with Crippen LogP contribution in [-0.2, 0) is 10.3 Å². The number of halogens is 1. The largest absolute Gasteiger partial charge is 0.494 e. The summed E-state index contributed by atoms with van der Waals surface area (Å²) in [5, 5.41) is 9.69. The Bertz CT molecular complexity index is 783. The zero-order valence-corrected chi connectivity index (χ0v) is 13.7. The second kappa shape index (κ2) is 6.54. The van der Waals surface area contributed by atoms with Crippen LogP contribution in [-0.4, -0.2) is 51.6 Å². The van der Waals surface area contributed by atoms with Gasteiger partial charge in [-0.05, 0) is 31.0 Å². The van der Waals surface area contributed by atoms with Gasteiger partial charge in [0.25, 0.3) is 5.91 Å². The Balaban J connectivity index is 1.77. The molecule has 1 amide bonds. The summed E-state index contributed by atoms with van der Waals surface area (Å²) in [5.74, 6) is -1.76. The van der Waals surface area contributed by atoms with E-state index in [1.165, 1.54) is 37.8 Å². The highest BCUT2D eigenvalue weighted by Crippen LogP contribution is 2.31. The number of carboxylic acid groups (broad SMARTS) is 1. The maximum absolute atomic E-state index is 13.5. The first-order chi connectivity index (χ1) is 12.0. The van der Waals surface area contributed by atoms with E-state index in [-0.39, 0.29) is 37.6 Å². The zero-order valence-electron chi connectivity index (χ0n) is 13.7. The number of aromatic nitrogens is 2. The molecule has 1 aromatic heterocycles. The van der Waals surface area contributed by atoms with Crippen LogP contribution in [0.3, 0.4) is 0 Å². The summed E-state index contributed by atoms with van der Waals surface area (Å²) in [6.07, 6.45) is 5.17. The molecule has 1 aliphatic rings. The number of amides is 1. The molecule has 0 unspecified atom stereocenters. The number of carbonyl (C=O) groups excluding carboxylic acids is 1. The molecular weight excluding hydrogens is 329 g/mol. The molecule has 8 heteroatoms. The van der Waals surface area contributed by atoms with Gasteiger partial charge in [0.2, 0.25) is 0 Å². The highest BCUT2D eigenvalue weighted by atomic mass is 19.1. The normalized spacial score (nSPS) is 16.5. The van der Waals surface area contributed by atoms with Gasteiger partial charge in [-0.15, -0.1) is 0 Å². The molecule has 7 nitrogen and oxygen atoms in total. The lowest BCUT2D eigenvalue weighted by atomic mass is 9.87. The summed E-state index contributed by atoms with van der Waals surface area (Å²) in [7, 11) is 1.33. The fraction of sp³-hybridized carbons (Fsp3) is 0.353. The molecule has 1 saturated heterocycles. The Kier molecular flexibility index (Phi) is 4.43. The molecule has 132 valence electrons. The third-order valence-electron chi connectivity index (χ3n) is 4.67. The van der Waals surface area contributed by atoms with Crippen molar-refractivity contribution in [2.24, 2.45) is 0 Å². The minimum atomic E-state index is -1.10. The molecule has 0 atom stereocenters. The maximum atomic E-state index is 13.5. The van der Waals surface area contributed by atoms with Gasteiger partial charge in [-0.2, -0.15) is 0 Å². The number of rotatable bonds is 4. The first kappa shape index (κ1) is 16.9. The first-order valence-corrected chi connectivity index (χ1v) is 7.82. The first-order valence-electron chi connectivity index (χ1n) is 7.82. The zero-order chi connectivity index (χ0) is 18.0. The molecule has 0 bridgehead atoms. The lowest BCUT2D eigenvalue weighted by molar-refractivity contribution is -0.150. The number of carbonyl (C=O) groups is 2. The van der Waals surface area contributed by atoms with Crippen LogP contribution in [0.2, 0.25) is 0 Å². The van der Waals surface area contributed by atoms with Gasteiger partial charge in [-0.3, -0.25) is 4.79 Å². The lowest BCUT2D eigenvalue weighted by Gasteiger charge is -2.39. The summed E-state index contributed by atoms with van der Waals surface area (Å²) in [4.78, 5) is 30.0. The molecule has 1 fully saturated rings. The van der Waals surface area contributed by atoms with Gasteiger partial charge in [0.05, 0.1) is 13.4 Å². The van der Waals surface area contributed by atoms with Crippen LogP contribution in [0.1, 0.15) is 23.2 Å². The molecule has 25 heavy (non-hydrogen) atoms. The van der Waals surface area contributed by atoms with Gasteiger partial charge >= 0.3 is 5.97 Å². The van der Waals surface area contributed by atoms with E-state index in [0.717, 1.165) is 0 Å². The van der Waals surface area contributed by atoms with Crippen LogP contribution in [0, 0.1) is 5.82 Å². The topological polar surface area (TPSA) is 84.7 Å². The van der Waals surface area contributed by atoms with Crippen LogP contribution in [0.25, 0.3) is 0 Å². The van der Waals surface area contributed by atoms with E-state index in [1.54, 1.807) is 15.7 Å². The Hall–Kier alpha value is -2.90. The van der Waals surface area contributed by atoms with Crippen LogP contribution in [0.5, 0.6) is 5.75 Å². The molecule has 1 aromatic carbocycles. The number of aliphatic carboxylic acids is 1. The standard InChI is InChI=1S/C17H18FN3O4/c1-25-14-10-12(2-3-13(14)18)15(22)20-7-4-17(5-8-20,16(23)24)21-9-6-19-11-21/h2-3,6,9-11H,4-5,7-8H2,1H3,(H,23,24). The Morgan fingerprint density at radius 2 is 2.04 bits per heavy atom. The van der Waals surface area contributed by atoms with Gasteiger partial charge in [0.15, 0.2) is 11.6 Å². The van der Waals surface area contributed by atoms with Crippen molar-refractivity contribution in [3.8, 4) is 5.75 Å². The number of likely N-dealkylation sites (tertiary alicyclic amines) is 1. The van der Waals surface area contributed by atoms with Crippen molar-refractivity contribution in [1.29, 1.82) is 0 Å². The number of methoxy groups -OCH3 is 1. The molecule has 0 radical (unpaired) electrons. The molecule has 0 aliphatic carbocycles. The van der Waals surface area contributed by atoms with E-state index < -0.39 is 17.3 Å². The van der Waals surface area contributed by atoms with Crippen molar-refractivity contribution in [1.82, 2.24) is 14.5 Å². The van der Waals surface area contributed by atoms with Crippen molar-refractivity contribution >= 4 is 11.9 Å². The minimum Gasteiger partial charge on any atom is -0.494 e. The number of benzene rings is 1. The van der Waals surface area contributed by atoms with Crippen molar-refractivity contribution in [3.63, 3.8) is 0 Å². The smallest absolute Gasteiger partial charge is 0.330 e. The van der Waals surface area contributed by atoms with E-state index in [0.29, 0.717) is 5.56 Å². The number of carboxylic acids is 1. The van der Waals surface area contributed by atoms with Gasteiger partial charge in [0, 0.05) is 31.0 Å². The SMILES string of the molecule is COc1cc(C(=O)N2CCC(C(=O)O)(n3ccnc3)CC2)ccc1F. The van der Waals surface area contributed by atoms with E-state index in [4.69, 9.17) is 4.74 Å². The summed E-state index contributed by atoms with van der Waals surface area (Å²) in [5.41, 5.74) is -0.794. The number of piperidine rings is 1.